The molecule has 3 N–H and O–H groups in total. The van der Waals surface area contributed by atoms with Gasteiger partial charge in [0, 0.05) is 20.0 Å². The van der Waals surface area contributed by atoms with Crippen LogP contribution in [0.4, 0.5) is 0 Å². The van der Waals surface area contributed by atoms with E-state index < -0.39 is 0 Å². The fraction of sp³-hybridized carbons (Fsp3) is 0.636. The molecule has 0 spiro atoms. The van der Waals surface area contributed by atoms with Gasteiger partial charge in [0.15, 0.2) is 0 Å². The molecular weight excluding hydrogens is 176 g/mol. The van der Waals surface area contributed by atoms with Crippen LogP contribution < -0.4 is 5.73 Å². The summed E-state index contributed by atoms with van der Waals surface area (Å²) in [5, 5.41) is 8.93. The number of aliphatic hydroxyl groups is 1. The molecule has 0 aliphatic rings. The molecule has 0 aliphatic heterocycles. The van der Waals surface area contributed by atoms with Crippen molar-refractivity contribution in [2.45, 2.75) is 26.2 Å². The average Bonchev–Trinajstić information content (AvgIpc) is 2.10. The van der Waals surface area contributed by atoms with Crippen LogP contribution in [0, 0.1) is 5.92 Å². The second kappa shape index (κ2) is 6.35. The normalized spacial score (nSPS) is 12.1. The molecule has 0 aromatic carbocycles. The van der Waals surface area contributed by atoms with Gasteiger partial charge in [-0.15, -0.1) is 0 Å². The maximum absolute atomic E-state index is 8.93. The monoisotopic (exact) mass is 198 g/mol. The zero-order chi connectivity index (χ0) is 11.1. The minimum Gasteiger partial charge on any atom is -0.513 e. The Bertz CT molecular complexity index is 201. The Balaban J connectivity index is 3.58. The van der Waals surface area contributed by atoms with Crippen LogP contribution in [-0.4, -0.2) is 23.6 Å². The molecule has 0 fully saturated rings. The van der Waals surface area contributed by atoms with Crippen molar-refractivity contribution in [3.05, 3.63) is 24.7 Å². The molecule has 0 saturated carbocycles. The van der Waals surface area contributed by atoms with E-state index >= 15 is 0 Å². The number of hydrogen-bond donors (Lipinski definition) is 2. The van der Waals surface area contributed by atoms with E-state index in [4.69, 9.17) is 10.8 Å². The lowest BCUT2D eigenvalue weighted by Gasteiger charge is -2.20. The highest BCUT2D eigenvalue weighted by Gasteiger charge is 2.05. The van der Waals surface area contributed by atoms with Gasteiger partial charge in [0.2, 0.25) is 0 Å². The Morgan fingerprint density at radius 1 is 1.43 bits per heavy atom. The largest absolute Gasteiger partial charge is 0.513 e. The van der Waals surface area contributed by atoms with E-state index in [1.807, 2.05) is 11.9 Å². The van der Waals surface area contributed by atoms with Crippen LogP contribution in [-0.2, 0) is 0 Å². The molecule has 3 heteroatoms. The molecule has 0 bridgehead atoms. The Hall–Kier alpha value is -1.12. The number of nitrogens with zero attached hydrogens (tertiary/aromatic N) is 1. The van der Waals surface area contributed by atoms with E-state index in [2.05, 4.69) is 20.1 Å². The number of rotatable bonds is 7. The lowest BCUT2D eigenvalue weighted by molar-refractivity contribution is 0.334. The average molecular weight is 198 g/mol. The summed E-state index contributed by atoms with van der Waals surface area (Å²) in [6.07, 6.45) is 2.72. The molecule has 3 nitrogen and oxygen atoms in total. The topological polar surface area (TPSA) is 49.5 Å². The van der Waals surface area contributed by atoms with Crippen molar-refractivity contribution in [3.63, 3.8) is 0 Å². The summed E-state index contributed by atoms with van der Waals surface area (Å²) < 4.78 is 0. The molecule has 0 radical (unpaired) electrons. The molecule has 1 atom stereocenters. The Morgan fingerprint density at radius 2 is 2.00 bits per heavy atom. The maximum atomic E-state index is 8.93. The third-order valence-electron chi connectivity index (χ3n) is 2.37. The standard InChI is InChI=1S/C11H22N2O/c1-9(5-6-10(2)14)7-8-13(4)11(3)12/h9,14H,2-3,5-8,12H2,1,4H3. The van der Waals surface area contributed by atoms with Gasteiger partial charge in [-0.1, -0.05) is 20.1 Å². The summed E-state index contributed by atoms with van der Waals surface area (Å²) in [6.45, 7) is 10.2. The van der Waals surface area contributed by atoms with Gasteiger partial charge in [-0.3, -0.25) is 0 Å². The zero-order valence-corrected chi connectivity index (χ0v) is 9.29. The Labute approximate surface area is 86.9 Å². The highest BCUT2D eigenvalue weighted by atomic mass is 16.3. The minimum absolute atomic E-state index is 0.272. The van der Waals surface area contributed by atoms with E-state index in [1.54, 1.807) is 0 Å². The molecule has 82 valence electrons. The summed E-state index contributed by atoms with van der Waals surface area (Å²) in [7, 11) is 1.93. The van der Waals surface area contributed by atoms with E-state index in [0.29, 0.717) is 18.2 Å². The first-order chi connectivity index (χ1) is 6.43. The molecule has 0 aliphatic carbocycles. The quantitative estimate of drug-likeness (QED) is 0.617. The fourth-order valence-electron chi connectivity index (χ4n) is 1.11. The number of hydrogen-bond acceptors (Lipinski definition) is 3. The van der Waals surface area contributed by atoms with Crippen molar-refractivity contribution in [1.29, 1.82) is 0 Å². The second-order valence-electron chi connectivity index (χ2n) is 3.91. The molecule has 0 amide bonds. The maximum Gasteiger partial charge on any atom is 0.0909 e. The zero-order valence-electron chi connectivity index (χ0n) is 9.29. The van der Waals surface area contributed by atoms with Crippen LogP contribution in [0.25, 0.3) is 0 Å². The predicted octanol–water partition coefficient (Wildman–Crippen LogP) is 2.23. The SMILES string of the molecule is C=C(O)CCC(C)CCN(C)C(=C)N. The van der Waals surface area contributed by atoms with Gasteiger partial charge < -0.3 is 15.7 Å². The highest BCUT2D eigenvalue weighted by molar-refractivity contribution is 4.84. The summed E-state index contributed by atoms with van der Waals surface area (Å²) in [4.78, 5) is 1.93. The first-order valence-corrected chi connectivity index (χ1v) is 4.95. The van der Waals surface area contributed by atoms with Gasteiger partial charge in [-0.25, -0.2) is 0 Å². The van der Waals surface area contributed by atoms with Crippen LogP contribution in [0.2, 0.25) is 0 Å². The lowest BCUT2D eigenvalue weighted by atomic mass is 10.0. The predicted molar refractivity (Wildman–Crippen MR) is 60.7 cm³/mol. The van der Waals surface area contributed by atoms with Crippen molar-refractivity contribution in [1.82, 2.24) is 4.90 Å². The number of nitrogens with two attached hydrogens (primary N) is 1. The fourth-order valence-corrected chi connectivity index (χ4v) is 1.11. The number of allylic oxidation sites excluding steroid dienone is 1. The van der Waals surface area contributed by atoms with Crippen molar-refractivity contribution in [3.8, 4) is 0 Å². The van der Waals surface area contributed by atoms with E-state index in [0.717, 1.165) is 19.4 Å². The highest BCUT2D eigenvalue weighted by Crippen LogP contribution is 2.13. The van der Waals surface area contributed by atoms with Crippen LogP contribution in [0.5, 0.6) is 0 Å². The van der Waals surface area contributed by atoms with Gasteiger partial charge >= 0.3 is 0 Å². The smallest absolute Gasteiger partial charge is 0.0909 e. The molecule has 0 heterocycles. The minimum atomic E-state index is 0.272. The third kappa shape index (κ3) is 6.40. The van der Waals surface area contributed by atoms with Crippen LogP contribution in [0.15, 0.2) is 24.7 Å². The first-order valence-electron chi connectivity index (χ1n) is 4.95. The van der Waals surface area contributed by atoms with Crippen molar-refractivity contribution in [2.75, 3.05) is 13.6 Å². The first kappa shape index (κ1) is 12.9. The molecule has 0 rings (SSSR count). The summed E-state index contributed by atoms with van der Waals surface area (Å²) in [5.41, 5.74) is 5.52. The van der Waals surface area contributed by atoms with Gasteiger partial charge in [0.1, 0.15) is 0 Å². The number of aliphatic hydroxyl groups excluding tert-OH is 1. The van der Waals surface area contributed by atoms with Gasteiger partial charge in [0.05, 0.1) is 11.6 Å². The van der Waals surface area contributed by atoms with Gasteiger partial charge in [-0.2, -0.15) is 0 Å². The summed E-state index contributed by atoms with van der Waals surface area (Å²) >= 11 is 0. The van der Waals surface area contributed by atoms with Crippen LogP contribution in [0.1, 0.15) is 26.2 Å². The Kier molecular flexibility index (Phi) is 5.84. The summed E-state index contributed by atoms with van der Waals surface area (Å²) in [6, 6.07) is 0. The second-order valence-corrected chi connectivity index (χ2v) is 3.91. The molecular formula is C11H22N2O. The third-order valence-corrected chi connectivity index (χ3v) is 2.37. The van der Waals surface area contributed by atoms with Crippen LogP contribution >= 0.6 is 0 Å². The van der Waals surface area contributed by atoms with E-state index in [1.165, 1.54) is 0 Å². The molecule has 0 aromatic rings. The van der Waals surface area contributed by atoms with Crippen molar-refractivity contribution < 1.29 is 5.11 Å². The van der Waals surface area contributed by atoms with Gasteiger partial charge in [-0.05, 0) is 18.8 Å². The molecule has 14 heavy (non-hydrogen) atoms. The van der Waals surface area contributed by atoms with E-state index in [-0.39, 0.29) is 5.76 Å². The Morgan fingerprint density at radius 3 is 2.43 bits per heavy atom. The molecule has 0 aromatic heterocycles. The molecule has 1 unspecified atom stereocenters. The van der Waals surface area contributed by atoms with E-state index in [9.17, 15) is 0 Å². The summed E-state index contributed by atoms with van der Waals surface area (Å²) in [5.74, 6) is 1.44. The molecule has 0 saturated heterocycles. The van der Waals surface area contributed by atoms with Crippen molar-refractivity contribution >= 4 is 0 Å². The van der Waals surface area contributed by atoms with Crippen molar-refractivity contribution in [2.24, 2.45) is 11.7 Å². The lowest BCUT2D eigenvalue weighted by Crippen LogP contribution is -2.24. The van der Waals surface area contributed by atoms with Crippen LogP contribution in [0.3, 0.4) is 0 Å². The van der Waals surface area contributed by atoms with Gasteiger partial charge in [0.25, 0.3) is 0 Å².